The summed E-state index contributed by atoms with van der Waals surface area (Å²) >= 11 is 11.9. The Bertz CT molecular complexity index is 904. The van der Waals surface area contributed by atoms with Crippen LogP contribution in [-0.4, -0.2) is 45.0 Å². The fourth-order valence-electron chi connectivity index (χ4n) is 4.06. The van der Waals surface area contributed by atoms with Crippen LogP contribution >= 0.6 is 23.2 Å². The van der Waals surface area contributed by atoms with Gasteiger partial charge in [0, 0.05) is 29.7 Å². The largest absolute Gasteiger partial charge is 0.384 e. The molecule has 0 saturated carbocycles. The van der Waals surface area contributed by atoms with E-state index >= 15 is 0 Å². The number of rotatable bonds is 5. The molecule has 162 valence electrons. The second kappa shape index (κ2) is 8.69. The van der Waals surface area contributed by atoms with E-state index in [-0.39, 0.29) is 17.1 Å². The van der Waals surface area contributed by atoms with Crippen molar-refractivity contribution in [2.24, 2.45) is 11.3 Å². The molecular weight excluding hydrogens is 423 g/mol. The number of anilines is 1. The highest BCUT2D eigenvalue weighted by Crippen LogP contribution is 2.46. The Morgan fingerprint density at radius 3 is 2.43 bits per heavy atom. The van der Waals surface area contributed by atoms with Gasteiger partial charge < -0.3 is 15.3 Å². The van der Waals surface area contributed by atoms with Crippen molar-refractivity contribution in [1.82, 2.24) is 14.9 Å². The van der Waals surface area contributed by atoms with E-state index in [9.17, 15) is 9.90 Å². The number of piperidine rings is 1. The van der Waals surface area contributed by atoms with E-state index in [0.717, 1.165) is 5.56 Å². The first kappa shape index (κ1) is 22.8. The van der Waals surface area contributed by atoms with E-state index in [2.05, 4.69) is 15.3 Å². The van der Waals surface area contributed by atoms with E-state index in [0.29, 0.717) is 30.4 Å². The van der Waals surface area contributed by atoms with Crippen LogP contribution in [0.25, 0.3) is 0 Å². The molecule has 30 heavy (non-hydrogen) atoms. The molecule has 2 atom stereocenters. The number of benzene rings is 1. The maximum absolute atomic E-state index is 13.4. The second-order valence-electron chi connectivity index (χ2n) is 8.84. The van der Waals surface area contributed by atoms with Gasteiger partial charge in [-0.2, -0.15) is 0 Å². The first-order valence-electron chi connectivity index (χ1n) is 10.1. The lowest BCUT2D eigenvalue weighted by Gasteiger charge is -2.51. The molecule has 1 aliphatic rings. The molecule has 1 aliphatic heterocycles. The number of nitrogens with zero attached hydrogens (tertiary/aromatic N) is 3. The Morgan fingerprint density at radius 1 is 1.20 bits per heavy atom. The number of amides is 1. The van der Waals surface area contributed by atoms with Gasteiger partial charge in [-0.15, -0.1) is 0 Å². The average Bonchev–Trinajstić information content (AvgIpc) is 2.68. The zero-order chi connectivity index (χ0) is 22.1. The van der Waals surface area contributed by atoms with Crippen LogP contribution in [0, 0.1) is 11.3 Å². The van der Waals surface area contributed by atoms with Gasteiger partial charge in [-0.1, -0.05) is 51.4 Å². The highest BCUT2D eigenvalue weighted by Gasteiger charge is 2.50. The van der Waals surface area contributed by atoms with Crippen LogP contribution in [0.5, 0.6) is 0 Å². The van der Waals surface area contributed by atoms with Crippen molar-refractivity contribution in [2.75, 3.05) is 18.4 Å². The molecule has 3 rings (SSSR count). The van der Waals surface area contributed by atoms with Crippen molar-refractivity contribution in [3.05, 3.63) is 52.4 Å². The molecule has 0 spiro atoms. The standard InChI is InChI=1S/C22H28Cl2N4O2/c1-14(2)18(26-17-9-11-25-20(24)27-17)19(29)28-12-10-22(30,21(3,4)13-28)15-5-7-16(23)8-6-15/h5-9,11,14,18,30H,10,12-13H2,1-4H3,(H,25,26,27). The molecule has 1 aromatic carbocycles. The Labute approximate surface area is 187 Å². The van der Waals surface area contributed by atoms with Crippen LogP contribution < -0.4 is 5.32 Å². The molecule has 2 aromatic rings. The number of hydrogen-bond acceptors (Lipinski definition) is 5. The number of carbonyl (C=O) groups is 1. The van der Waals surface area contributed by atoms with Gasteiger partial charge >= 0.3 is 0 Å². The number of halogens is 2. The summed E-state index contributed by atoms with van der Waals surface area (Å²) in [7, 11) is 0. The van der Waals surface area contributed by atoms with Gasteiger partial charge in [-0.3, -0.25) is 4.79 Å². The third-order valence-corrected chi connectivity index (χ3v) is 6.38. The third kappa shape index (κ3) is 4.56. The van der Waals surface area contributed by atoms with Crippen molar-refractivity contribution < 1.29 is 9.90 Å². The highest BCUT2D eigenvalue weighted by atomic mass is 35.5. The molecule has 1 amide bonds. The quantitative estimate of drug-likeness (QED) is 0.661. The SMILES string of the molecule is CC(C)C(Nc1ccnc(Cl)n1)C(=O)N1CCC(O)(c2ccc(Cl)cc2)C(C)(C)C1. The topological polar surface area (TPSA) is 78.4 Å². The average molecular weight is 451 g/mol. The number of aliphatic hydroxyl groups is 1. The van der Waals surface area contributed by atoms with Crippen LogP contribution in [-0.2, 0) is 10.4 Å². The summed E-state index contributed by atoms with van der Waals surface area (Å²) in [5.41, 5.74) is -0.776. The summed E-state index contributed by atoms with van der Waals surface area (Å²) < 4.78 is 0. The van der Waals surface area contributed by atoms with E-state index in [1.165, 1.54) is 0 Å². The summed E-state index contributed by atoms with van der Waals surface area (Å²) in [6.45, 7) is 8.83. The van der Waals surface area contributed by atoms with Crippen LogP contribution in [0.3, 0.4) is 0 Å². The zero-order valence-electron chi connectivity index (χ0n) is 17.7. The predicted molar refractivity (Wildman–Crippen MR) is 120 cm³/mol. The van der Waals surface area contributed by atoms with Gasteiger partial charge in [-0.05, 0) is 47.7 Å². The molecule has 6 nitrogen and oxygen atoms in total. The number of likely N-dealkylation sites (tertiary alicyclic amines) is 1. The van der Waals surface area contributed by atoms with Crippen LogP contribution in [0.15, 0.2) is 36.5 Å². The van der Waals surface area contributed by atoms with Gasteiger partial charge in [0.05, 0.1) is 5.60 Å². The summed E-state index contributed by atoms with van der Waals surface area (Å²) in [5, 5.41) is 15.5. The predicted octanol–water partition coefficient (Wildman–Crippen LogP) is 4.37. The minimum Gasteiger partial charge on any atom is -0.384 e. The molecule has 0 radical (unpaired) electrons. The Balaban J connectivity index is 1.79. The number of nitrogens with one attached hydrogen (secondary N) is 1. The lowest BCUT2D eigenvalue weighted by atomic mass is 9.66. The van der Waals surface area contributed by atoms with Gasteiger partial charge in [0.1, 0.15) is 11.9 Å². The molecule has 8 heteroatoms. The minimum absolute atomic E-state index is 0.0223. The van der Waals surface area contributed by atoms with E-state index < -0.39 is 17.1 Å². The zero-order valence-corrected chi connectivity index (χ0v) is 19.2. The molecule has 0 aliphatic carbocycles. The summed E-state index contributed by atoms with van der Waals surface area (Å²) in [4.78, 5) is 23.2. The van der Waals surface area contributed by atoms with Crippen molar-refractivity contribution in [2.45, 2.75) is 45.8 Å². The third-order valence-electron chi connectivity index (χ3n) is 5.95. The number of carbonyl (C=O) groups excluding carboxylic acids is 1. The van der Waals surface area contributed by atoms with E-state index in [4.69, 9.17) is 23.2 Å². The first-order valence-corrected chi connectivity index (χ1v) is 10.8. The van der Waals surface area contributed by atoms with Crippen LogP contribution in [0.4, 0.5) is 5.82 Å². The summed E-state index contributed by atoms with van der Waals surface area (Å²) in [6.07, 6.45) is 1.99. The highest BCUT2D eigenvalue weighted by molar-refractivity contribution is 6.30. The van der Waals surface area contributed by atoms with Gasteiger partial charge in [0.15, 0.2) is 0 Å². The van der Waals surface area contributed by atoms with E-state index in [1.807, 2.05) is 44.7 Å². The monoisotopic (exact) mass is 450 g/mol. The van der Waals surface area contributed by atoms with Crippen molar-refractivity contribution in [3.63, 3.8) is 0 Å². The lowest BCUT2D eigenvalue weighted by molar-refractivity contribution is -0.154. The van der Waals surface area contributed by atoms with Crippen molar-refractivity contribution in [1.29, 1.82) is 0 Å². The van der Waals surface area contributed by atoms with Crippen molar-refractivity contribution in [3.8, 4) is 0 Å². The van der Waals surface area contributed by atoms with Gasteiger partial charge in [0.25, 0.3) is 0 Å². The Hall–Kier alpha value is -1.89. The van der Waals surface area contributed by atoms with Crippen molar-refractivity contribution >= 4 is 34.9 Å². The second-order valence-corrected chi connectivity index (χ2v) is 9.61. The minimum atomic E-state index is -1.05. The normalized spacial score (nSPS) is 22.1. The van der Waals surface area contributed by atoms with Crippen LogP contribution in [0.2, 0.25) is 10.3 Å². The summed E-state index contributed by atoms with van der Waals surface area (Å²) in [5.74, 6) is 0.522. The summed E-state index contributed by atoms with van der Waals surface area (Å²) in [6, 6.07) is 8.52. The molecule has 0 bridgehead atoms. The molecule has 2 N–H and O–H groups in total. The maximum atomic E-state index is 13.4. The molecule has 1 fully saturated rings. The van der Waals surface area contributed by atoms with Gasteiger partial charge in [0.2, 0.25) is 11.2 Å². The number of hydrogen-bond donors (Lipinski definition) is 2. The Morgan fingerprint density at radius 2 is 1.87 bits per heavy atom. The Kier molecular flexibility index (Phi) is 6.60. The van der Waals surface area contributed by atoms with Crippen LogP contribution in [0.1, 0.15) is 39.7 Å². The fourth-order valence-corrected chi connectivity index (χ4v) is 4.33. The number of aromatic nitrogens is 2. The lowest BCUT2D eigenvalue weighted by Crippen LogP contribution is -2.59. The molecule has 1 aromatic heterocycles. The smallest absolute Gasteiger partial charge is 0.245 e. The van der Waals surface area contributed by atoms with Gasteiger partial charge in [-0.25, -0.2) is 9.97 Å². The molecule has 2 heterocycles. The molecule has 1 saturated heterocycles. The van der Waals surface area contributed by atoms with E-state index in [1.54, 1.807) is 24.4 Å². The maximum Gasteiger partial charge on any atom is 0.245 e. The molecular formula is C22H28Cl2N4O2. The molecule has 2 unspecified atom stereocenters. The fraction of sp³-hybridized carbons (Fsp3) is 0.500. The first-order chi connectivity index (χ1) is 14.0.